The summed E-state index contributed by atoms with van der Waals surface area (Å²) >= 11 is 12.0. The lowest BCUT2D eigenvalue weighted by molar-refractivity contribution is 0.101. The van der Waals surface area contributed by atoms with E-state index in [1.807, 2.05) is 36.4 Å². The second-order valence-electron chi connectivity index (χ2n) is 10.6. The Morgan fingerprint density at radius 2 is 0.830 bits per heavy atom. The summed E-state index contributed by atoms with van der Waals surface area (Å²) in [7, 11) is -3.79. The first-order valence-electron chi connectivity index (χ1n) is 14.5. The SMILES string of the molecule is O=C(Nc1cccc(-c2ccc(S(=O)(=O)c3ccc(-c4cccc(NC(=O)c5cccc(Cl)c5)c4)cc3)cc2)c1)c1cccc(Cl)c1. The van der Waals surface area contributed by atoms with Gasteiger partial charge in [0.2, 0.25) is 9.84 Å². The van der Waals surface area contributed by atoms with Crippen LogP contribution in [0.1, 0.15) is 20.7 Å². The zero-order valence-electron chi connectivity index (χ0n) is 24.7. The molecule has 0 bridgehead atoms. The molecular weight excluding hydrogens is 651 g/mol. The molecule has 0 aliphatic carbocycles. The Kier molecular flexibility index (Phi) is 9.22. The topological polar surface area (TPSA) is 92.3 Å². The quantitative estimate of drug-likeness (QED) is 0.168. The second kappa shape index (κ2) is 13.6. The van der Waals surface area contributed by atoms with Crippen molar-refractivity contribution in [2.24, 2.45) is 0 Å². The minimum atomic E-state index is -3.79. The fraction of sp³-hybridized carbons (Fsp3) is 0. The van der Waals surface area contributed by atoms with E-state index in [4.69, 9.17) is 23.2 Å². The molecule has 6 aromatic rings. The summed E-state index contributed by atoms with van der Waals surface area (Å²) in [5.74, 6) is -0.573. The number of hydrogen-bond donors (Lipinski definition) is 2. The van der Waals surface area contributed by atoms with Gasteiger partial charge in [0.15, 0.2) is 0 Å². The first-order chi connectivity index (χ1) is 22.7. The first kappa shape index (κ1) is 31.8. The standard InChI is InChI=1S/C38H26Cl2N2O4S/c39-31-9-1-7-29(21-31)37(43)41-33-11-3-5-27(23-33)25-13-17-35(18-14-25)47(45,46)36-19-15-26(16-20-36)28-6-4-12-34(24-28)42-38(44)30-8-2-10-32(40)22-30/h1-24H,(H,41,43)(H,42,44). The van der Waals surface area contributed by atoms with Crippen LogP contribution in [0.25, 0.3) is 22.3 Å². The maximum atomic E-state index is 13.5. The van der Waals surface area contributed by atoms with Gasteiger partial charge in [-0.3, -0.25) is 9.59 Å². The van der Waals surface area contributed by atoms with Gasteiger partial charge in [-0.2, -0.15) is 0 Å². The molecule has 0 aliphatic rings. The summed E-state index contributed by atoms with van der Waals surface area (Å²) in [5.41, 5.74) is 5.29. The molecule has 0 aliphatic heterocycles. The van der Waals surface area contributed by atoms with E-state index >= 15 is 0 Å². The zero-order chi connectivity index (χ0) is 33.0. The van der Waals surface area contributed by atoms with Crippen LogP contribution in [-0.4, -0.2) is 20.2 Å². The van der Waals surface area contributed by atoms with E-state index in [-0.39, 0.29) is 21.6 Å². The van der Waals surface area contributed by atoms with E-state index in [1.54, 1.807) is 109 Å². The van der Waals surface area contributed by atoms with Crippen LogP contribution >= 0.6 is 23.2 Å². The lowest BCUT2D eigenvalue weighted by atomic mass is 10.1. The van der Waals surface area contributed by atoms with Crippen LogP contribution in [0.4, 0.5) is 11.4 Å². The maximum Gasteiger partial charge on any atom is 0.255 e. The monoisotopic (exact) mass is 676 g/mol. The molecule has 0 aromatic heterocycles. The van der Waals surface area contributed by atoms with E-state index in [0.717, 1.165) is 22.3 Å². The Morgan fingerprint density at radius 1 is 0.447 bits per heavy atom. The van der Waals surface area contributed by atoms with Crippen LogP contribution in [0.15, 0.2) is 155 Å². The van der Waals surface area contributed by atoms with Crippen molar-refractivity contribution in [1.82, 2.24) is 0 Å². The molecule has 0 unspecified atom stereocenters. The number of rotatable bonds is 8. The molecule has 6 rings (SSSR count). The molecule has 9 heteroatoms. The molecular formula is C38H26Cl2N2O4S. The number of carbonyl (C=O) groups is 2. The molecule has 2 N–H and O–H groups in total. The fourth-order valence-corrected chi connectivity index (χ4v) is 6.65. The molecule has 0 spiro atoms. The van der Waals surface area contributed by atoms with Gasteiger partial charge in [0, 0.05) is 32.5 Å². The third-order valence-corrected chi connectivity index (χ3v) is 9.67. The largest absolute Gasteiger partial charge is 0.322 e. The van der Waals surface area contributed by atoms with Crippen LogP contribution in [0, 0.1) is 0 Å². The number of benzene rings is 6. The number of sulfone groups is 1. The van der Waals surface area contributed by atoms with Crippen molar-refractivity contribution in [2.75, 3.05) is 10.6 Å². The van der Waals surface area contributed by atoms with Gasteiger partial charge in [-0.25, -0.2) is 8.42 Å². The van der Waals surface area contributed by atoms with E-state index in [0.29, 0.717) is 32.5 Å². The van der Waals surface area contributed by atoms with Crippen molar-refractivity contribution in [2.45, 2.75) is 9.79 Å². The Morgan fingerprint density at radius 3 is 1.21 bits per heavy atom. The lowest BCUT2D eigenvalue weighted by Gasteiger charge is -2.10. The number of nitrogens with one attached hydrogen (secondary N) is 2. The molecule has 0 saturated heterocycles. The van der Waals surface area contributed by atoms with Gasteiger partial charge in [0.25, 0.3) is 11.8 Å². The van der Waals surface area contributed by atoms with Gasteiger partial charge in [-0.1, -0.05) is 83.9 Å². The summed E-state index contributed by atoms with van der Waals surface area (Å²) in [6.07, 6.45) is 0. The van der Waals surface area contributed by atoms with Crippen LogP contribution in [0.3, 0.4) is 0 Å². The average Bonchev–Trinajstić information content (AvgIpc) is 3.08. The predicted molar refractivity (Wildman–Crippen MR) is 188 cm³/mol. The molecule has 2 amide bonds. The zero-order valence-corrected chi connectivity index (χ0v) is 27.0. The molecule has 0 saturated carbocycles. The minimum absolute atomic E-state index is 0.158. The maximum absolute atomic E-state index is 13.5. The van der Waals surface area contributed by atoms with Crippen molar-refractivity contribution < 1.29 is 18.0 Å². The highest BCUT2D eigenvalue weighted by atomic mass is 35.5. The normalized spacial score (nSPS) is 11.1. The molecule has 0 heterocycles. The van der Waals surface area contributed by atoms with Gasteiger partial charge in [0.1, 0.15) is 0 Å². The predicted octanol–water partition coefficient (Wildman–Crippen LogP) is 9.66. The van der Waals surface area contributed by atoms with E-state index in [9.17, 15) is 18.0 Å². The molecule has 6 aromatic carbocycles. The summed E-state index contributed by atoms with van der Waals surface area (Å²) < 4.78 is 27.0. The van der Waals surface area contributed by atoms with Gasteiger partial charge in [-0.05, 0) is 107 Å². The van der Waals surface area contributed by atoms with Crippen LogP contribution in [0.5, 0.6) is 0 Å². The third-order valence-electron chi connectivity index (χ3n) is 7.41. The third kappa shape index (κ3) is 7.45. The number of anilines is 2. The van der Waals surface area contributed by atoms with Gasteiger partial charge in [-0.15, -0.1) is 0 Å². The van der Waals surface area contributed by atoms with Gasteiger partial charge in [0.05, 0.1) is 9.79 Å². The first-order valence-corrected chi connectivity index (χ1v) is 16.7. The smallest absolute Gasteiger partial charge is 0.255 e. The van der Waals surface area contributed by atoms with E-state index < -0.39 is 9.84 Å². The van der Waals surface area contributed by atoms with Crippen LogP contribution < -0.4 is 10.6 Å². The summed E-state index contributed by atoms with van der Waals surface area (Å²) in [5, 5.41) is 6.69. The van der Waals surface area contributed by atoms with Crippen LogP contribution in [-0.2, 0) is 9.84 Å². The molecule has 0 atom stereocenters. The van der Waals surface area contributed by atoms with E-state index in [1.165, 1.54) is 0 Å². The molecule has 0 radical (unpaired) electrons. The Hall–Kier alpha value is -5.21. The Bertz CT molecular complexity index is 2070. The van der Waals surface area contributed by atoms with E-state index in [2.05, 4.69) is 10.6 Å². The summed E-state index contributed by atoms with van der Waals surface area (Å²) in [6, 6.07) is 41.2. The number of halogens is 2. The molecule has 232 valence electrons. The highest BCUT2D eigenvalue weighted by molar-refractivity contribution is 7.91. The molecule has 0 fully saturated rings. The molecule has 6 nitrogen and oxygen atoms in total. The van der Waals surface area contributed by atoms with Crippen molar-refractivity contribution in [3.05, 3.63) is 167 Å². The highest BCUT2D eigenvalue weighted by Crippen LogP contribution is 2.29. The average molecular weight is 678 g/mol. The van der Waals surface area contributed by atoms with Crippen molar-refractivity contribution in [3.63, 3.8) is 0 Å². The Balaban J connectivity index is 1.15. The fourth-order valence-electron chi connectivity index (χ4n) is 5.01. The number of amides is 2. The summed E-state index contributed by atoms with van der Waals surface area (Å²) in [6.45, 7) is 0. The summed E-state index contributed by atoms with van der Waals surface area (Å²) in [4.78, 5) is 25.6. The second-order valence-corrected chi connectivity index (χ2v) is 13.5. The van der Waals surface area contributed by atoms with Gasteiger partial charge < -0.3 is 10.6 Å². The Labute approximate surface area is 282 Å². The van der Waals surface area contributed by atoms with Crippen LogP contribution in [0.2, 0.25) is 10.0 Å². The number of hydrogen-bond acceptors (Lipinski definition) is 4. The lowest BCUT2D eigenvalue weighted by Crippen LogP contribution is -2.11. The van der Waals surface area contributed by atoms with Crippen molar-refractivity contribution in [3.8, 4) is 22.3 Å². The number of carbonyl (C=O) groups excluding carboxylic acids is 2. The molecule has 47 heavy (non-hydrogen) atoms. The highest BCUT2D eigenvalue weighted by Gasteiger charge is 2.18. The van der Waals surface area contributed by atoms with Crippen molar-refractivity contribution in [1.29, 1.82) is 0 Å². The van der Waals surface area contributed by atoms with Crippen molar-refractivity contribution >= 4 is 56.2 Å². The van der Waals surface area contributed by atoms with Gasteiger partial charge >= 0.3 is 0 Å². The minimum Gasteiger partial charge on any atom is -0.322 e.